The SMILES string of the molecule is Cc1ccc(OCCNC(=O)c2cc(Cl)nc3ccccc23)cc1. The van der Waals surface area contributed by atoms with E-state index in [0.717, 1.165) is 11.1 Å². The lowest BCUT2D eigenvalue weighted by atomic mass is 10.1. The van der Waals surface area contributed by atoms with Crippen LogP contribution in [0.5, 0.6) is 5.75 Å². The molecule has 0 aliphatic heterocycles. The molecule has 1 N–H and O–H groups in total. The van der Waals surface area contributed by atoms with E-state index in [-0.39, 0.29) is 5.91 Å². The molecule has 5 heteroatoms. The van der Waals surface area contributed by atoms with Crippen molar-refractivity contribution in [2.75, 3.05) is 13.2 Å². The van der Waals surface area contributed by atoms with E-state index in [1.807, 2.05) is 55.5 Å². The molecule has 0 bridgehead atoms. The monoisotopic (exact) mass is 340 g/mol. The first-order valence-electron chi connectivity index (χ1n) is 7.66. The Morgan fingerprint density at radius 3 is 2.71 bits per heavy atom. The molecule has 0 spiro atoms. The second-order valence-electron chi connectivity index (χ2n) is 5.43. The van der Waals surface area contributed by atoms with Gasteiger partial charge in [-0.2, -0.15) is 0 Å². The predicted molar refractivity (Wildman–Crippen MR) is 95.8 cm³/mol. The molecule has 1 aromatic heterocycles. The summed E-state index contributed by atoms with van der Waals surface area (Å²) in [6.07, 6.45) is 0. The number of fused-ring (bicyclic) bond motifs is 1. The number of carbonyl (C=O) groups is 1. The highest BCUT2D eigenvalue weighted by Gasteiger charge is 2.11. The van der Waals surface area contributed by atoms with Crippen LogP contribution < -0.4 is 10.1 Å². The van der Waals surface area contributed by atoms with Crippen molar-refractivity contribution in [3.8, 4) is 5.75 Å². The van der Waals surface area contributed by atoms with Crippen molar-refractivity contribution in [2.45, 2.75) is 6.92 Å². The van der Waals surface area contributed by atoms with Crippen LogP contribution in [0.25, 0.3) is 10.9 Å². The molecule has 0 saturated heterocycles. The van der Waals surface area contributed by atoms with Gasteiger partial charge in [-0.25, -0.2) is 4.98 Å². The van der Waals surface area contributed by atoms with Gasteiger partial charge in [-0.05, 0) is 31.2 Å². The molecule has 1 amide bonds. The van der Waals surface area contributed by atoms with Gasteiger partial charge in [0.2, 0.25) is 0 Å². The molecule has 24 heavy (non-hydrogen) atoms. The molecule has 0 aliphatic rings. The summed E-state index contributed by atoms with van der Waals surface area (Å²) < 4.78 is 5.61. The Morgan fingerprint density at radius 1 is 1.17 bits per heavy atom. The number of ether oxygens (including phenoxy) is 1. The number of nitrogens with zero attached hydrogens (tertiary/aromatic N) is 1. The molecule has 1 heterocycles. The lowest BCUT2D eigenvalue weighted by molar-refractivity contribution is 0.0948. The highest BCUT2D eigenvalue weighted by molar-refractivity contribution is 6.30. The van der Waals surface area contributed by atoms with Gasteiger partial charge in [-0.3, -0.25) is 4.79 Å². The molecular formula is C19H17ClN2O2. The number of amides is 1. The zero-order chi connectivity index (χ0) is 16.9. The van der Waals surface area contributed by atoms with Crippen molar-refractivity contribution in [3.05, 3.63) is 70.9 Å². The van der Waals surface area contributed by atoms with Crippen molar-refractivity contribution < 1.29 is 9.53 Å². The summed E-state index contributed by atoms with van der Waals surface area (Å²) in [4.78, 5) is 16.6. The van der Waals surface area contributed by atoms with Crippen LogP contribution >= 0.6 is 11.6 Å². The van der Waals surface area contributed by atoms with Crippen molar-refractivity contribution in [1.29, 1.82) is 0 Å². The van der Waals surface area contributed by atoms with Crippen LogP contribution in [-0.4, -0.2) is 24.0 Å². The van der Waals surface area contributed by atoms with Gasteiger partial charge in [0.1, 0.15) is 17.5 Å². The average Bonchev–Trinajstić information content (AvgIpc) is 2.59. The summed E-state index contributed by atoms with van der Waals surface area (Å²) >= 11 is 6.01. The fraction of sp³-hybridized carbons (Fsp3) is 0.158. The first-order chi connectivity index (χ1) is 11.6. The van der Waals surface area contributed by atoms with E-state index in [1.165, 1.54) is 5.56 Å². The molecule has 0 unspecified atom stereocenters. The number of hydrogen-bond donors (Lipinski definition) is 1. The van der Waals surface area contributed by atoms with Crippen LogP contribution in [0.1, 0.15) is 15.9 Å². The summed E-state index contributed by atoms with van der Waals surface area (Å²) in [5.41, 5.74) is 2.39. The Labute approximate surface area is 145 Å². The molecule has 0 fully saturated rings. The maximum absolute atomic E-state index is 12.4. The van der Waals surface area contributed by atoms with Gasteiger partial charge in [-0.15, -0.1) is 0 Å². The molecule has 0 aliphatic carbocycles. The largest absolute Gasteiger partial charge is 0.492 e. The highest BCUT2D eigenvalue weighted by Crippen LogP contribution is 2.20. The number of rotatable bonds is 5. The Bertz CT molecular complexity index is 863. The molecule has 0 atom stereocenters. The number of carbonyl (C=O) groups excluding carboxylic acids is 1. The fourth-order valence-corrected chi connectivity index (χ4v) is 2.59. The van der Waals surface area contributed by atoms with Crippen molar-refractivity contribution in [1.82, 2.24) is 10.3 Å². The van der Waals surface area contributed by atoms with Crippen LogP contribution in [0.2, 0.25) is 5.15 Å². The van der Waals surface area contributed by atoms with Gasteiger partial charge in [0, 0.05) is 5.39 Å². The van der Waals surface area contributed by atoms with Crippen LogP contribution in [0.15, 0.2) is 54.6 Å². The van der Waals surface area contributed by atoms with E-state index in [9.17, 15) is 4.79 Å². The summed E-state index contributed by atoms with van der Waals surface area (Å²) in [5, 5.41) is 3.93. The third-order valence-electron chi connectivity index (χ3n) is 3.61. The standard InChI is InChI=1S/C19H17ClN2O2/c1-13-6-8-14(9-7-13)24-11-10-21-19(23)16-12-18(20)22-17-5-3-2-4-15(16)17/h2-9,12H,10-11H2,1H3,(H,21,23). The van der Waals surface area contributed by atoms with E-state index >= 15 is 0 Å². The maximum Gasteiger partial charge on any atom is 0.252 e. The Hall–Kier alpha value is -2.59. The maximum atomic E-state index is 12.4. The Balaban J connectivity index is 1.62. The summed E-state index contributed by atoms with van der Waals surface area (Å²) in [6, 6.07) is 16.8. The minimum absolute atomic E-state index is 0.192. The van der Waals surface area contributed by atoms with Crippen LogP contribution in [0, 0.1) is 6.92 Å². The third-order valence-corrected chi connectivity index (χ3v) is 3.80. The minimum Gasteiger partial charge on any atom is -0.492 e. The quantitative estimate of drug-likeness (QED) is 0.564. The topological polar surface area (TPSA) is 51.2 Å². The van der Waals surface area contributed by atoms with E-state index in [4.69, 9.17) is 16.3 Å². The molecule has 3 rings (SSSR count). The number of benzene rings is 2. The summed E-state index contributed by atoms with van der Waals surface area (Å²) in [7, 11) is 0. The molecule has 0 saturated carbocycles. The van der Waals surface area contributed by atoms with Gasteiger partial charge in [0.05, 0.1) is 17.6 Å². The number of pyridine rings is 1. The van der Waals surface area contributed by atoms with Gasteiger partial charge in [-0.1, -0.05) is 47.5 Å². The third kappa shape index (κ3) is 3.84. The van der Waals surface area contributed by atoms with Crippen molar-refractivity contribution >= 4 is 28.4 Å². The van der Waals surface area contributed by atoms with E-state index in [2.05, 4.69) is 10.3 Å². The number of aromatic nitrogens is 1. The van der Waals surface area contributed by atoms with Crippen molar-refractivity contribution in [2.24, 2.45) is 0 Å². The normalized spacial score (nSPS) is 10.6. The zero-order valence-corrected chi connectivity index (χ0v) is 14.0. The number of nitrogens with one attached hydrogen (secondary N) is 1. The lowest BCUT2D eigenvalue weighted by Gasteiger charge is -2.10. The van der Waals surface area contributed by atoms with E-state index < -0.39 is 0 Å². The number of hydrogen-bond acceptors (Lipinski definition) is 3. The summed E-state index contributed by atoms with van der Waals surface area (Å²) in [5.74, 6) is 0.593. The first kappa shape index (κ1) is 16.3. The van der Waals surface area contributed by atoms with Crippen LogP contribution in [-0.2, 0) is 0 Å². The van der Waals surface area contributed by atoms with E-state index in [1.54, 1.807) is 6.07 Å². The molecule has 0 radical (unpaired) electrons. The van der Waals surface area contributed by atoms with Crippen LogP contribution in [0.3, 0.4) is 0 Å². The molecule has 3 aromatic rings. The van der Waals surface area contributed by atoms with Gasteiger partial charge < -0.3 is 10.1 Å². The Kier molecular flexibility index (Phi) is 4.96. The predicted octanol–water partition coefficient (Wildman–Crippen LogP) is 4.01. The number of para-hydroxylation sites is 1. The molecule has 122 valence electrons. The molecular weight excluding hydrogens is 324 g/mol. The van der Waals surface area contributed by atoms with Gasteiger partial charge in [0.15, 0.2) is 0 Å². The summed E-state index contributed by atoms with van der Waals surface area (Å²) in [6.45, 7) is 2.82. The highest BCUT2D eigenvalue weighted by atomic mass is 35.5. The smallest absolute Gasteiger partial charge is 0.252 e. The second-order valence-corrected chi connectivity index (χ2v) is 5.81. The fourth-order valence-electron chi connectivity index (χ4n) is 2.39. The van der Waals surface area contributed by atoms with Crippen molar-refractivity contribution in [3.63, 3.8) is 0 Å². The second kappa shape index (κ2) is 7.32. The minimum atomic E-state index is -0.192. The Morgan fingerprint density at radius 2 is 1.92 bits per heavy atom. The molecule has 2 aromatic carbocycles. The van der Waals surface area contributed by atoms with Gasteiger partial charge in [0.25, 0.3) is 5.91 Å². The first-order valence-corrected chi connectivity index (χ1v) is 8.04. The zero-order valence-electron chi connectivity index (χ0n) is 13.3. The number of aryl methyl sites for hydroxylation is 1. The average molecular weight is 341 g/mol. The van der Waals surface area contributed by atoms with Gasteiger partial charge >= 0.3 is 0 Å². The van der Waals surface area contributed by atoms with E-state index in [0.29, 0.717) is 29.4 Å². The number of halogens is 1. The molecule has 4 nitrogen and oxygen atoms in total. The lowest BCUT2D eigenvalue weighted by Crippen LogP contribution is -2.28. The van der Waals surface area contributed by atoms with Crippen LogP contribution in [0.4, 0.5) is 0 Å².